The van der Waals surface area contributed by atoms with Crippen LogP contribution in [-0.2, 0) is 14.3 Å². The number of esters is 1. The Kier molecular flexibility index (Phi) is 35.2. The molecule has 0 heterocycles. The molecule has 46 heavy (non-hydrogen) atoms. The van der Waals surface area contributed by atoms with Crippen LogP contribution in [0, 0.1) is 0 Å². The van der Waals surface area contributed by atoms with Crippen molar-refractivity contribution < 1.29 is 19.4 Å². The van der Waals surface area contributed by atoms with E-state index in [1.54, 1.807) is 0 Å². The van der Waals surface area contributed by atoms with Gasteiger partial charge in [-0.25, -0.2) is 0 Å². The Balaban J connectivity index is 3.81. The lowest BCUT2D eigenvalue weighted by molar-refractivity contribution is -0.147. The molecule has 0 fully saturated rings. The van der Waals surface area contributed by atoms with Crippen molar-refractivity contribution in [2.24, 2.45) is 0 Å². The minimum Gasteiger partial charge on any atom is -0.481 e. The maximum absolute atomic E-state index is 12.5. The molecule has 1 unspecified atom stereocenters. The molecule has 0 radical (unpaired) electrons. The first kappa shape index (κ1) is 43.6. The van der Waals surface area contributed by atoms with Crippen LogP contribution in [0.5, 0.6) is 0 Å². The van der Waals surface area contributed by atoms with E-state index < -0.39 is 5.97 Å². The van der Waals surface area contributed by atoms with E-state index in [0.29, 0.717) is 6.42 Å². The van der Waals surface area contributed by atoms with Crippen LogP contribution in [0.15, 0.2) is 60.8 Å². The number of hydrogen-bond acceptors (Lipinski definition) is 3. The van der Waals surface area contributed by atoms with Gasteiger partial charge in [-0.2, -0.15) is 0 Å². The van der Waals surface area contributed by atoms with Crippen molar-refractivity contribution in [3.05, 3.63) is 60.8 Å². The van der Waals surface area contributed by atoms with Gasteiger partial charge in [-0.1, -0.05) is 152 Å². The van der Waals surface area contributed by atoms with Gasteiger partial charge in [0.1, 0.15) is 6.10 Å². The van der Waals surface area contributed by atoms with Crippen molar-refractivity contribution in [3.8, 4) is 0 Å². The first-order valence-electron chi connectivity index (χ1n) is 19.3. The summed E-state index contributed by atoms with van der Waals surface area (Å²) in [7, 11) is 0. The molecule has 0 aliphatic heterocycles. The van der Waals surface area contributed by atoms with Gasteiger partial charge in [0, 0.05) is 12.8 Å². The van der Waals surface area contributed by atoms with E-state index in [4.69, 9.17) is 9.84 Å². The van der Waals surface area contributed by atoms with Gasteiger partial charge in [0.05, 0.1) is 0 Å². The molecule has 0 spiro atoms. The highest BCUT2D eigenvalue weighted by molar-refractivity contribution is 5.69. The van der Waals surface area contributed by atoms with Crippen molar-refractivity contribution in [1.29, 1.82) is 0 Å². The summed E-state index contributed by atoms with van der Waals surface area (Å²) < 4.78 is 5.84. The Morgan fingerprint density at radius 2 is 0.978 bits per heavy atom. The molecule has 0 amide bonds. The number of hydrogen-bond donors (Lipinski definition) is 1. The molecular weight excluding hydrogens is 568 g/mol. The third-order valence-corrected chi connectivity index (χ3v) is 8.21. The van der Waals surface area contributed by atoms with Crippen LogP contribution in [0.2, 0.25) is 0 Å². The second kappa shape index (κ2) is 37.1. The molecule has 0 aromatic rings. The third kappa shape index (κ3) is 36.1. The summed E-state index contributed by atoms with van der Waals surface area (Å²) in [6.07, 6.45) is 51.2. The van der Waals surface area contributed by atoms with Crippen LogP contribution >= 0.6 is 0 Å². The SMILES string of the molecule is CC/C=C\C/C=C\C/C=C\C/C=C\CCCCCCCCCCCCC(=O)OC(/C=C\CCCCCC)CCCCCCC(=O)O. The number of aliphatic carboxylic acids is 1. The molecule has 4 nitrogen and oxygen atoms in total. The van der Waals surface area contributed by atoms with Gasteiger partial charge in [-0.3, -0.25) is 9.59 Å². The molecule has 0 rings (SSSR count). The minimum atomic E-state index is -0.724. The van der Waals surface area contributed by atoms with E-state index >= 15 is 0 Å². The monoisotopic (exact) mass is 641 g/mol. The fourth-order valence-electron chi connectivity index (χ4n) is 5.38. The van der Waals surface area contributed by atoms with E-state index in [0.717, 1.165) is 77.0 Å². The fourth-order valence-corrected chi connectivity index (χ4v) is 5.38. The Hall–Kier alpha value is -2.36. The Bertz CT molecular complexity index is 820. The topological polar surface area (TPSA) is 63.6 Å². The third-order valence-electron chi connectivity index (χ3n) is 8.21. The summed E-state index contributed by atoms with van der Waals surface area (Å²) in [5, 5.41) is 8.80. The molecule has 4 heteroatoms. The van der Waals surface area contributed by atoms with Gasteiger partial charge in [-0.05, 0) is 83.1 Å². The summed E-state index contributed by atoms with van der Waals surface area (Å²) in [6.45, 7) is 4.39. The highest BCUT2D eigenvalue weighted by atomic mass is 16.5. The Morgan fingerprint density at radius 3 is 1.54 bits per heavy atom. The van der Waals surface area contributed by atoms with Crippen LogP contribution < -0.4 is 0 Å². The summed E-state index contributed by atoms with van der Waals surface area (Å²) in [4.78, 5) is 23.2. The molecule has 0 aromatic heterocycles. The molecular formula is C42H72O4. The van der Waals surface area contributed by atoms with E-state index in [1.807, 2.05) is 0 Å². The van der Waals surface area contributed by atoms with Crippen LogP contribution in [-0.4, -0.2) is 23.1 Å². The highest BCUT2D eigenvalue weighted by Crippen LogP contribution is 2.15. The van der Waals surface area contributed by atoms with Crippen molar-refractivity contribution in [1.82, 2.24) is 0 Å². The molecule has 0 aromatic carbocycles. The average molecular weight is 641 g/mol. The number of allylic oxidation sites excluding steroid dienone is 9. The predicted molar refractivity (Wildman–Crippen MR) is 199 cm³/mol. The van der Waals surface area contributed by atoms with E-state index in [-0.39, 0.29) is 18.5 Å². The molecule has 0 saturated carbocycles. The number of carboxylic acid groups (broad SMARTS) is 1. The minimum absolute atomic E-state index is 0.0724. The summed E-state index contributed by atoms with van der Waals surface area (Å²) in [5.41, 5.74) is 0. The molecule has 1 atom stereocenters. The smallest absolute Gasteiger partial charge is 0.306 e. The Labute approximate surface area is 284 Å². The zero-order valence-electron chi connectivity index (χ0n) is 30.1. The number of carbonyl (C=O) groups is 2. The standard InChI is InChI=1S/C42H72O4/c1-3-5-7-9-11-12-13-14-15-16-17-18-19-20-21-22-23-24-25-26-27-29-35-39-42(45)46-40(36-32-28-10-8-6-4-2)37-33-30-31-34-38-41(43)44/h5,7,11-12,14-15,17-18,32,36,40H,3-4,6,8-10,13,16,19-31,33-35,37-39H2,1-2H3,(H,43,44)/b7-5-,12-11-,15-14-,18-17-,36-32-. The predicted octanol–water partition coefficient (Wildman–Crippen LogP) is 13.3. The van der Waals surface area contributed by atoms with E-state index in [9.17, 15) is 9.59 Å². The van der Waals surface area contributed by atoms with Gasteiger partial charge < -0.3 is 9.84 Å². The van der Waals surface area contributed by atoms with Crippen molar-refractivity contribution >= 4 is 11.9 Å². The van der Waals surface area contributed by atoms with Crippen LogP contribution in [0.3, 0.4) is 0 Å². The van der Waals surface area contributed by atoms with E-state index in [1.165, 1.54) is 83.5 Å². The molecule has 0 aliphatic carbocycles. The van der Waals surface area contributed by atoms with Crippen LogP contribution in [0.4, 0.5) is 0 Å². The average Bonchev–Trinajstić information content (AvgIpc) is 3.04. The first-order chi connectivity index (χ1) is 22.6. The lowest BCUT2D eigenvalue weighted by Crippen LogP contribution is -2.16. The van der Waals surface area contributed by atoms with Gasteiger partial charge in [0.25, 0.3) is 0 Å². The van der Waals surface area contributed by atoms with Crippen molar-refractivity contribution in [3.63, 3.8) is 0 Å². The fraction of sp³-hybridized carbons (Fsp3) is 0.714. The van der Waals surface area contributed by atoms with Gasteiger partial charge in [0.2, 0.25) is 0 Å². The molecule has 0 bridgehead atoms. The zero-order valence-corrected chi connectivity index (χ0v) is 30.1. The zero-order chi connectivity index (χ0) is 33.6. The molecule has 1 N–H and O–H groups in total. The quantitative estimate of drug-likeness (QED) is 0.0432. The largest absolute Gasteiger partial charge is 0.481 e. The van der Waals surface area contributed by atoms with Crippen LogP contribution in [0.1, 0.15) is 187 Å². The van der Waals surface area contributed by atoms with Crippen molar-refractivity contribution in [2.75, 3.05) is 0 Å². The molecule has 0 aliphatic rings. The first-order valence-corrected chi connectivity index (χ1v) is 19.3. The summed E-state index contributed by atoms with van der Waals surface area (Å²) >= 11 is 0. The molecule has 0 saturated heterocycles. The maximum atomic E-state index is 12.5. The Morgan fingerprint density at radius 1 is 0.522 bits per heavy atom. The number of ether oxygens (including phenoxy) is 1. The maximum Gasteiger partial charge on any atom is 0.306 e. The lowest BCUT2D eigenvalue weighted by atomic mass is 10.0. The van der Waals surface area contributed by atoms with Crippen molar-refractivity contribution in [2.45, 2.75) is 193 Å². The summed E-state index contributed by atoms with van der Waals surface area (Å²) in [5.74, 6) is -0.797. The van der Waals surface area contributed by atoms with E-state index in [2.05, 4.69) is 74.6 Å². The van der Waals surface area contributed by atoms with Crippen LogP contribution in [0.25, 0.3) is 0 Å². The highest BCUT2D eigenvalue weighted by Gasteiger charge is 2.11. The number of carbonyl (C=O) groups excluding carboxylic acids is 1. The number of rotatable bonds is 34. The molecule has 264 valence electrons. The number of carboxylic acids is 1. The van der Waals surface area contributed by atoms with Gasteiger partial charge in [-0.15, -0.1) is 0 Å². The second-order valence-electron chi connectivity index (χ2n) is 12.7. The van der Waals surface area contributed by atoms with Gasteiger partial charge in [0.15, 0.2) is 0 Å². The van der Waals surface area contributed by atoms with Gasteiger partial charge >= 0.3 is 11.9 Å². The summed E-state index contributed by atoms with van der Waals surface area (Å²) in [6, 6.07) is 0. The second-order valence-corrected chi connectivity index (χ2v) is 12.7. The normalized spacial score (nSPS) is 12.9. The number of unbranched alkanes of at least 4 members (excludes halogenated alkanes) is 17. The lowest BCUT2D eigenvalue weighted by Gasteiger charge is -2.15.